The van der Waals surface area contributed by atoms with Crippen LogP contribution in [0.2, 0.25) is 5.02 Å². The quantitative estimate of drug-likeness (QED) is 0.682. The Bertz CT molecular complexity index is 1090. The average Bonchev–Trinajstić information content (AvgIpc) is 2.82. The van der Waals surface area contributed by atoms with E-state index in [1.54, 1.807) is 12.1 Å². The van der Waals surface area contributed by atoms with Gasteiger partial charge in [-0.15, -0.1) is 0 Å². The van der Waals surface area contributed by atoms with Crippen LogP contribution in [0, 0.1) is 20.8 Å². The second-order valence-corrected chi connectivity index (χ2v) is 7.79. The van der Waals surface area contributed by atoms with E-state index in [0.29, 0.717) is 27.8 Å². The van der Waals surface area contributed by atoms with Crippen LogP contribution in [0.25, 0.3) is 0 Å². The summed E-state index contributed by atoms with van der Waals surface area (Å²) in [6.07, 6.45) is 1.22. The number of amides is 2. The molecule has 7 nitrogen and oxygen atoms in total. The van der Waals surface area contributed by atoms with Gasteiger partial charge in [-0.05, 0) is 55.7 Å². The maximum atomic E-state index is 13.0. The molecule has 0 aliphatic carbocycles. The minimum atomic E-state index is -0.475. The van der Waals surface area contributed by atoms with E-state index in [4.69, 9.17) is 16.3 Å². The van der Waals surface area contributed by atoms with Gasteiger partial charge in [0.1, 0.15) is 6.54 Å². The normalized spacial score (nSPS) is 13.0. The summed E-state index contributed by atoms with van der Waals surface area (Å²) in [5, 5.41) is 6.36. The second-order valence-electron chi connectivity index (χ2n) is 7.41. The summed E-state index contributed by atoms with van der Waals surface area (Å²) in [6, 6.07) is 9.07. The predicted molar refractivity (Wildman–Crippen MR) is 121 cm³/mol. The van der Waals surface area contributed by atoms with Gasteiger partial charge in [0, 0.05) is 11.8 Å². The number of carbonyl (C=O) groups excluding carboxylic acids is 3. The van der Waals surface area contributed by atoms with E-state index in [0.717, 1.165) is 16.7 Å². The van der Waals surface area contributed by atoms with Crippen LogP contribution >= 0.6 is 11.6 Å². The first kappa shape index (κ1) is 22.4. The molecule has 0 bridgehead atoms. The highest BCUT2D eigenvalue weighted by Crippen LogP contribution is 2.34. The Morgan fingerprint density at radius 2 is 1.84 bits per heavy atom. The number of nitrogens with one attached hydrogen (secondary N) is 2. The molecule has 2 amide bonds. The Kier molecular flexibility index (Phi) is 6.65. The molecule has 3 rings (SSSR count). The largest absolute Gasteiger partial charge is 0.469 e. The molecule has 8 heteroatoms. The number of halogens is 1. The fourth-order valence-electron chi connectivity index (χ4n) is 3.24. The summed E-state index contributed by atoms with van der Waals surface area (Å²) < 4.78 is 4.72. The van der Waals surface area contributed by atoms with Crippen LogP contribution in [0.3, 0.4) is 0 Å². The fourth-order valence-corrected chi connectivity index (χ4v) is 3.42. The van der Waals surface area contributed by atoms with Crippen LogP contribution < -0.4 is 15.5 Å². The highest BCUT2D eigenvalue weighted by molar-refractivity contribution is 6.34. The van der Waals surface area contributed by atoms with Crippen LogP contribution in [0.4, 0.5) is 17.1 Å². The minimum Gasteiger partial charge on any atom is -0.469 e. The molecular weight excluding hydrogens is 418 g/mol. The molecule has 0 fully saturated rings. The third-order valence-electron chi connectivity index (χ3n) is 5.09. The van der Waals surface area contributed by atoms with E-state index in [2.05, 4.69) is 10.6 Å². The molecule has 1 heterocycles. The number of anilines is 3. The van der Waals surface area contributed by atoms with Crippen molar-refractivity contribution < 1.29 is 19.1 Å². The predicted octanol–water partition coefficient (Wildman–Crippen LogP) is 4.11. The van der Waals surface area contributed by atoms with E-state index >= 15 is 0 Å². The van der Waals surface area contributed by atoms with E-state index in [9.17, 15) is 14.4 Å². The highest BCUT2D eigenvalue weighted by atomic mass is 35.5. The molecule has 0 saturated carbocycles. The average molecular weight is 442 g/mol. The topological polar surface area (TPSA) is 87.7 Å². The Morgan fingerprint density at radius 1 is 1.13 bits per heavy atom. The smallest absolute Gasteiger partial charge is 0.311 e. The lowest BCUT2D eigenvalue weighted by Crippen LogP contribution is -2.37. The molecule has 0 unspecified atom stereocenters. The molecule has 0 aromatic heterocycles. The molecule has 0 spiro atoms. The van der Waals surface area contributed by atoms with Crippen molar-refractivity contribution in [3.8, 4) is 0 Å². The van der Waals surface area contributed by atoms with Crippen molar-refractivity contribution in [2.24, 2.45) is 0 Å². The molecule has 31 heavy (non-hydrogen) atoms. The molecule has 0 saturated heterocycles. The van der Waals surface area contributed by atoms with Gasteiger partial charge in [0.15, 0.2) is 0 Å². The van der Waals surface area contributed by atoms with Gasteiger partial charge in [0.05, 0.1) is 35.6 Å². The molecule has 0 atom stereocenters. The lowest BCUT2D eigenvalue weighted by Gasteiger charge is -2.23. The molecule has 2 aromatic carbocycles. The summed E-state index contributed by atoms with van der Waals surface area (Å²) in [5.41, 5.74) is 4.87. The summed E-state index contributed by atoms with van der Waals surface area (Å²) in [7, 11) is 1.29. The van der Waals surface area contributed by atoms with Gasteiger partial charge >= 0.3 is 5.97 Å². The van der Waals surface area contributed by atoms with Gasteiger partial charge in [-0.3, -0.25) is 19.3 Å². The standard InChI is InChI=1S/C23H24ClN3O4/c1-13-6-5-7-17(23(13)24)26-20(28)12-27-19-9-15(3)14(2)8-18(19)25-16(10-21(27)29)11-22(30)31-4/h5-10,25H,11-12H2,1-4H3,(H,26,28). The third-order valence-corrected chi connectivity index (χ3v) is 5.59. The zero-order valence-corrected chi connectivity index (χ0v) is 18.6. The van der Waals surface area contributed by atoms with Gasteiger partial charge in [0.2, 0.25) is 5.91 Å². The SMILES string of the molecule is COC(=O)CC1=CC(=O)N(CC(=O)Nc2cccc(C)c2Cl)c2cc(C)c(C)cc2N1. The number of nitrogens with zero attached hydrogens (tertiary/aromatic N) is 1. The lowest BCUT2D eigenvalue weighted by molar-refractivity contribution is -0.139. The van der Waals surface area contributed by atoms with E-state index < -0.39 is 17.8 Å². The fraction of sp³-hybridized carbons (Fsp3) is 0.261. The van der Waals surface area contributed by atoms with E-state index in [-0.39, 0.29) is 13.0 Å². The summed E-state index contributed by atoms with van der Waals surface area (Å²) in [5.74, 6) is -1.29. The van der Waals surface area contributed by atoms with Gasteiger partial charge in [-0.2, -0.15) is 0 Å². The Balaban J connectivity index is 1.93. The zero-order valence-electron chi connectivity index (χ0n) is 17.8. The third kappa shape index (κ3) is 5.06. The van der Waals surface area contributed by atoms with Gasteiger partial charge in [0.25, 0.3) is 5.91 Å². The van der Waals surface area contributed by atoms with Crippen molar-refractivity contribution in [2.45, 2.75) is 27.2 Å². The molecule has 2 N–H and O–H groups in total. The molecular formula is C23H24ClN3O4. The molecule has 0 radical (unpaired) electrons. The van der Waals surface area contributed by atoms with E-state index in [1.807, 2.05) is 39.0 Å². The Hall–Kier alpha value is -3.32. The Labute approximate surface area is 186 Å². The van der Waals surface area contributed by atoms with Gasteiger partial charge in [-0.25, -0.2) is 0 Å². The monoisotopic (exact) mass is 441 g/mol. The molecule has 162 valence electrons. The number of benzene rings is 2. The zero-order chi connectivity index (χ0) is 22.7. The minimum absolute atomic E-state index is 0.0897. The number of rotatable bonds is 5. The lowest BCUT2D eigenvalue weighted by atomic mass is 10.1. The number of ether oxygens (including phenoxy) is 1. The van der Waals surface area contributed by atoms with Crippen molar-refractivity contribution in [1.29, 1.82) is 0 Å². The number of fused-ring (bicyclic) bond motifs is 1. The first-order valence-electron chi connectivity index (χ1n) is 9.71. The van der Waals surface area contributed by atoms with Crippen LogP contribution in [0.5, 0.6) is 0 Å². The molecule has 1 aliphatic heterocycles. The van der Waals surface area contributed by atoms with Crippen molar-refractivity contribution >= 4 is 46.4 Å². The van der Waals surface area contributed by atoms with Crippen molar-refractivity contribution in [1.82, 2.24) is 0 Å². The van der Waals surface area contributed by atoms with Crippen LogP contribution in [-0.2, 0) is 19.1 Å². The van der Waals surface area contributed by atoms with Crippen molar-refractivity contribution in [2.75, 3.05) is 29.2 Å². The highest BCUT2D eigenvalue weighted by Gasteiger charge is 2.26. The van der Waals surface area contributed by atoms with E-state index in [1.165, 1.54) is 18.1 Å². The molecule has 1 aliphatic rings. The van der Waals surface area contributed by atoms with Gasteiger partial charge < -0.3 is 15.4 Å². The summed E-state index contributed by atoms with van der Waals surface area (Å²) in [6.45, 7) is 5.50. The first-order chi connectivity index (χ1) is 14.7. The number of carbonyl (C=O) groups is 3. The first-order valence-corrected chi connectivity index (χ1v) is 10.1. The van der Waals surface area contributed by atoms with Crippen LogP contribution in [0.15, 0.2) is 42.1 Å². The number of esters is 1. The number of hydrogen-bond acceptors (Lipinski definition) is 5. The maximum absolute atomic E-state index is 13.0. The summed E-state index contributed by atoms with van der Waals surface area (Å²) in [4.78, 5) is 38.9. The van der Waals surface area contributed by atoms with Gasteiger partial charge in [-0.1, -0.05) is 23.7 Å². The maximum Gasteiger partial charge on any atom is 0.311 e. The van der Waals surface area contributed by atoms with Crippen LogP contribution in [-0.4, -0.2) is 31.4 Å². The molecule has 2 aromatic rings. The second kappa shape index (κ2) is 9.22. The Morgan fingerprint density at radius 3 is 2.55 bits per heavy atom. The number of hydrogen-bond donors (Lipinski definition) is 2. The van der Waals surface area contributed by atoms with Crippen LogP contribution in [0.1, 0.15) is 23.1 Å². The van der Waals surface area contributed by atoms with Crippen molar-refractivity contribution in [3.63, 3.8) is 0 Å². The van der Waals surface area contributed by atoms with Crippen molar-refractivity contribution in [3.05, 3.63) is 63.8 Å². The summed E-state index contributed by atoms with van der Waals surface area (Å²) >= 11 is 6.28. The number of aryl methyl sites for hydroxylation is 3. The number of methoxy groups -OCH3 is 1.